The van der Waals surface area contributed by atoms with Gasteiger partial charge in [0.15, 0.2) is 0 Å². The lowest BCUT2D eigenvalue weighted by atomic mass is 10.2. The topological polar surface area (TPSA) is 46.2 Å². The van der Waals surface area contributed by atoms with E-state index in [9.17, 15) is 9.00 Å². The number of hydrogen-bond donors (Lipinski definition) is 1. The minimum Gasteiger partial charge on any atom is -0.352 e. The normalized spacial score (nSPS) is 16.8. The molecule has 0 aromatic heterocycles. The smallest absolute Gasteiger partial charge is 0.223 e. The number of rotatable bonds is 4. The Kier molecular flexibility index (Phi) is 3.39. The number of hydrogen-bond acceptors (Lipinski definition) is 2. The molecule has 0 spiro atoms. The maximum Gasteiger partial charge on any atom is 0.223 e. The number of carbonyl (C=O) groups is 1. The molecule has 0 saturated heterocycles. The van der Waals surface area contributed by atoms with Crippen molar-refractivity contribution in [3.05, 3.63) is 29.8 Å². The Balaban J connectivity index is 1.89. The molecule has 3 nitrogen and oxygen atoms in total. The van der Waals surface area contributed by atoms with Gasteiger partial charge in [-0.1, -0.05) is 12.1 Å². The van der Waals surface area contributed by atoms with Crippen LogP contribution < -0.4 is 5.32 Å². The predicted octanol–water partition coefficient (Wildman–Crippen LogP) is 1.45. The number of amides is 1. The molecule has 1 amide bonds. The largest absolute Gasteiger partial charge is 0.352 e. The molecular formula is C12H15NO2S. The second-order valence-corrected chi connectivity index (χ2v) is 5.47. The Bertz CT molecular complexity index is 410. The van der Waals surface area contributed by atoms with Crippen molar-refractivity contribution in [2.75, 3.05) is 6.26 Å². The minimum atomic E-state index is -0.935. The van der Waals surface area contributed by atoms with Gasteiger partial charge in [-0.05, 0) is 30.5 Å². The van der Waals surface area contributed by atoms with Gasteiger partial charge in [0.2, 0.25) is 5.91 Å². The molecule has 16 heavy (non-hydrogen) atoms. The summed E-state index contributed by atoms with van der Waals surface area (Å²) in [5.41, 5.74) is 1.04. The van der Waals surface area contributed by atoms with Gasteiger partial charge in [-0.25, -0.2) is 0 Å². The summed E-state index contributed by atoms with van der Waals surface area (Å²) in [5, 5.41) is 2.89. The van der Waals surface area contributed by atoms with E-state index in [0.29, 0.717) is 6.54 Å². The van der Waals surface area contributed by atoms with E-state index in [4.69, 9.17) is 0 Å². The zero-order chi connectivity index (χ0) is 11.5. The summed E-state index contributed by atoms with van der Waals surface area (Å²) in [6.07, 6.45) is 3.71. The van der Waals surface area contributed by atoms with Gasteiger partial charge in [0.05, 0.1) is 0 Å². The zero-order valence-electron chi connectivity index (χ0n) is 9.23. The van der Waals surface area contributed by atoms with E-state index in [-0.39, 0.29) is 11.8 Å². The van der Waals surface area contributed by atoms with Crippen molar-refractivity contribution in [1.29, 1.82) is 0 Å². The molecule has 1 aliphatic rings. The molecule has 1 aromatic rings. The zero-order valence-corrected chi connectivity index (χ0v) is 10.0. The van der Waals surface area contributed by atoms with Crippen molar-refractivity contribution in [1.82, 2.24) is 5.32 Å². The lowest BCUT2D eigenvalue weighted by Gasteiger charge is -2.04. The fraction of sp³-hybridized carbons (Fsp3) is 0.417. The molecule has 1 atom stereocenters. The molecular weight excluding hydrogens is 222 g/mol. The van der Waals surface area contributed by atoms with Gasteiger partial charge in [0.1, 0.15) is 0 Å². The second-order valence-electron chi connectivity index (χ2n) is 4.09. The molecule has 1 N–H and O–H groups in total. The molecule has 4 heteroatoms. The number of nitrogens with one attached hydrogen (secondary N) is 1. The third-order valence-corrected chi connectivity index (χ3v) is 3.61. The van der Waals surface area contributed by atoms with Crippen LogP contribution in [0.4, 0.5) is 0 Å². The summed E-state index contributed by atoms with van der Waals surface area (Å²) in [6, 6.07) is 7.50. The van der Waals surface area contributed by atoms with Crippen LogP contribution in [0.25, 0.3) is 0 Å². The molecule has 2 rings (SSSR count). The van der Waals surface area contributed by atoms with Crippen molar-refractivity contribution in [2.24, 2.45) is 5.92 Å². The first-order chi connectivity index (χ1) is 7.66. The van der Waals surface area contributed by atoms with Gasteiger partial charge in [0, 0.05) is 34.4 Å². The molecule has 1 saturated carbocycles. The van der Waals surface area contributed by atoms with Crippen molar-refractivity contribution >= 4 is 16.7 Å². The third kappa shape index (κ3) is 2.92. The number of carbonyl (C=O) groups excluding carboxylic acids is 1. The van der Waals surface area contributed by atoms with E-state index in [1.165, 1.54) is 0 Å². The average Bonchev–Trinajstić information content (AvgIpc) is 3.10. The van der Waals surface area contributed by atoms with Crippen LogP contribution in [0.2, 0.25) is 0 Å². The van der Waals surface area contributed by atoms with Crippen molar-refractivity contribution in [3.63, 3.8) is 0 Å². The Morgan fingerprint density at radius 2 is 2.00 bits per heavy atom. The standard InChI is InChI=1S/C12H15NO2S/c1-16(15)11-6-2-9(3-7-11)8-13-12(14)10-4-5-10/h2-3,6-7,10H,4-5,8H2,1H3,(H,13,14)/t16-/m0/s1. The second kappa shape index (κ2) is 4.78. The maximum atomic E-state index is 11.4. The summed E-state index contributed by atoms with van der Waals surface area (Å²) in [7, 11) is -0.935. The average molecular weight is 237 g/mol. The molecule has 0 unspecified atom stereocenters. The van der Waals surface area contributed by atoms with Gasteiger partial charge in [-0.2, -0.15) is 0 Å². The van der Waals surface area contributed by atoms with Crippen molar-refractivity contribution in [2.45, 2.75) is 24.3 Å². The first kappa shape index (κ1) is 11.3. The SMILES string of the molecule is C[S@](=O)c1ccc(CNC(=O)C2CC2)cc1. The van der Waals surface area contributed by atoms with E-state index in [1.54, 1.807) is 6.26 Å². The van der Waals surface area contributed by atoms with E-state index < -0.39 is 10.8 Å². The van der Waals surface area contributed by atoms with E-state index in [1.807, 2.05) is 24.3 Å². The summed E-state index contributed by atoms with van der Waals surface area (Å²) >= 11 is 0. The van der Waals surface area contributed by atoms with Gasteiger partial charge in [-0.3, -0.25) is 9.00 Å². The van der Waals surface area contributed by atoms with Gasteiger partial charge in [0.25, 0.3) is 0 Å². The highest BCUT2D eigenvalue weighted by atomic mass is 32.2. The Labute approximate surface area is 97.7 Å². The van der Waals surface area contributed by atoms with E-state index >= 15 is 0 Å². The third-order valence-electron chi connectivity index (χ3n) is 2.67. The Morgan fingerprint density at radius 1 is 1.38 bits per heavy atom. The van der Waals surface area contributed by atoms with Crippen LogP contribution in [-0.2, 0) is 22.1 Å². The Morgan fingerprint density at radius 3 is 2.50 bits per heavy atom. The molecule has 1 fully saturated rings. The Hall–Kier alpha value is -1.16. The molecule has 1 aliphatic carbocycles. The highest BCUT2D eigenvalue weighted by molar-refractivity contribution is 7.84. The van der Waals surface area contributed by atoms with Crippen molar-refractivity contribution < 1.29 is 9.00 Å². The molecule has 86 valence electrons. The van der Waals surface area contributed by atoms with Crippen LogP contribution in [-0.4, -0.2) is 16.4 Å². The highest BCUT2D eigenvalue weighted by Gasteiger charge is 2.29. The predicted molar refractivity (Wildman–Crippen MR) is 63.3 cm³/mol. The van der Waals surface area contributed by atoms with Crippen molar-refractivity contribution in [3.8, 4) is 0 Å². The van der Waals surface area contributed by atoms with E-state index in [0.717, 1.165) is 23.3 Å². The van der Waals surface area contributed by atoms with Gasteiger partial charge >= 0.3 is 0 Å². The first-order valence-corrected chi connectivity index (χ1v) is 6.92. The fourth-order valence-corrected chi connectivity index (χ4v) is 2.00. The quantitative estimate of drug-likeness (QED) is 0.861. The van der Waals surface area contributed by atoms with E-state index in [2.05, 4.69) is 5.32 Å². The summed E-state index contributed by atoms with van der Waals surface area (Å²) < 4.78 is 11.2. The van der Waals surface area contributed by atoms with Crippen LogP contribution in [0.5, 0.6) is 0 Å². The molecule has 0 heterocycles. The lowest BCUT2D eigenvalue weighted by molar-refractivity contribution is -0.122. The maximum absolute atomic E-state index is 11.4. The van der Waals surface area contributed by atoms with Gasteiger partial charge in [-0.15, -0.1) is 0 Å². The van der Waals surface area contributed by atoms with Crippen LogP contribution in [0, 0.1) is 5.92 Å². The fourth-order valence-electron chi connectivity index (χ4n) is 1.48. The molecule has 1 aromatic carbocycles. The van der Waals surface area contributed by atoms with Crippen LogP contribution in [0.1, 0.15) is 18.4 Å². The first-order valence-electron chi connectivity index (χ1n) is 5.37. The van der Waals surface area contributed by atoms with Crippen LogP contribution in [0.15, 0.2) is 29.2 Å². The highest BCUT2D eigenvalue weighted by Crippen LogP contribution is 2.28. The molecule has 0 bridgehead atoms. The van der Waals surface area contributed by atoms with Gasteiger partial charge < -0.3 is 5.32 Å². The van der Waals surface area contributed by atoms with Crippen LogP contribution >= 0.6 is 0 Å². The van der Waals surface area contributed by atoms with Crippen LogP contribution in [0.3, 0.4) is 0 Å². The number of benzene rings is 1. The lowest BCUT2D eigenvalue weighted by Crippen LogP contribution is -2.24. The summed E-state index contributed by atoms with van der Waals surface area (Å²) in [6.45, 7) is 0.561. The summed E-state index contributed by atoms with van der Waals surface area (Å²) in [4.78, 5) is 12.2. The monoisotopic (exact) mass is 237 g/mol. The molecule has 0 radical (unpaired) electrons. The summed E-state index contributed by atoms with van der Waals surface area (Å²) in [5.74, 6) is 0.408. The minimum absolute atomic E-state index is 0.156. The molecule has 0 aliphatic heterocycles.